The predicted octanol–water partition coefficient (Wildman–Crippen LogP) is 2.57. The predicted molar refractivity (Wildman–Crippen MR) is 92.3 cm³/mol. The van der Waals surface area contributed by atoms with Crippen molar-refractivity contribution < 1.29 is 8.42 Å². The third-order valence-corrected chi connectivity index (χ3v) is 7.79. The van der Waals surface area contributed by atoms with E-state index in [9.17, 15) is 8.42 Å². The standard InChI is InChI=1S/C17H24N4O2S/c22-24(23,15-8-2-1-3-9-15)20-11-6-7-14(13-20)17-19-18-16-10-4-5-12-21(16)17/h4-5,10,12,14-15H,1-3,6-9,11,13H2. The summed E-state index contributed by atoms with van der Waals surface area (Å²) >= 11 is 0. The fourth-order valence-electron chi connectivity index (χ4n) is 4.10. The second-order valence-corrected chi connectivity index (χ2v) is 9.20. The molecule has 0 amide bonds. The number of piperidine rings is 1. The van der Waals surface area contributed by atoms with Crippen molar-refractivity contribution in [3.8, 4) is 0 Å². The van der Waals surface area contributed by atoms with Crippen molar-refractivity contribution in [2.45, 2.75) is 56.1 Å². The van der Waals surface area contributed by atoms with Crippen molar-refractivity contribution in [2.24, 2.45) is 0 Å². The summed E-state index contributed by atoms with van der Waals surface area (Å²) in [4.78, 5) is 0. The summed E-state index contributed by atoms with van der Waals surface area (Å²) in [5, 5.41) is 8.37. The fourth-order valence-corrected chi connectivity index (χ4v) is 6.22. The number of hydrogen-bond acceptors (Lipinski definition) is 4. The lowest BCUT2D eigenvalue weighted by atomic mass is 9.99. The van der Waals surface area contributed by atoms with Gasteiger partial charge < -0.3 is 0 Å². The molecule has 2 fully saturated rings. The molecule has 0 bridgehead atoms. The van der Waals surface area contributed by atoms with E-state index in [4.69, 9.17) is 0 Å². The first kappa shape index (κ1) is 16.0. The van der Waals surface area contributed by atoms with Crippen LogP contribution < -0.4 is 0 Å². The molecule has 1 atom stereocenters. The third kappa shape index (κ3) is 2.84. The zero-order valence-electron chi connectivity index (χ0n) is 13.8. The SMILES string of the molecule is O=S(=O)(C1CCCCC1)N1CCCC(c2nnc3ccccn23)C1. The van der Waals surface area contributed by atoms with Gasteiger partial charge in [0.2, 0.25) is 10.0 Å². The molecule has 0 aromatic carbocycles. The highest BCUT2D eigenvalue weighted by Gasteiger charge is 2.37. The monoisotopic (exact) mass is 348 g/mol. The van der Waals surface area contributed by atoms with Crippen LogP contribution in [0.1, 0.15) is 56.7 Å². The molecular formula is C17H24N4O2S. The van der Waals surface area contributed by atoms with E-state index in [0.717, 1.165) is 50.0 Å². The van der Waals surface area contributed by atoms with Gasteiger partial charge in [-0.15, -0.1) is 10.2 Å². The van der Waals surface area contributed by atoms with Gasteiger partial charge in [-0.05, 0) is 37.8 Å². The smallest absolute Gasteiger partial charge is 0.217 e. The molecule has 1 unspecified atom stereocenters. The van der Waals surface area contributed by atoms with Gasteiger partial charge in [0, 0.05) is 25.2 Å². The first-order chi connectivity index (χ1) is 11.7. The molecule has 1 saturated carbocycles. The van der Waals surface area contributed by atoms with Crippen LogP contribution in [0.3, 0.4) is 0 Å². The van der Waals surface area contributed by atoms with Crippen molar-refractivity contribution in [2.75, 3.05) is 13.1 Å². The summed E-state index contributed by atoms with van der Waals surface area (Å²) in [6.45, 7) is 1.18. The fraction of sp³-hybridized carbons (Fsp3) is 0.647. The molecule has 1 aliphatic carbocycles. The Morgan fingerprint density at radius 2 is 1.83 bits per heavy atom. The first-order valence-electron chi connectivity index (χ1n) is 8.95. The van der Waals surface area contributed by atoms with E-state index in [1.54, 1.807) is 4.31 Å². The summed E-state index contributed by atoms with van der Waals surface area (Å²) in [6.07, 6.45) is 8.69. The highest BCUT2D eigenvalue weighted by Crippen LogP contribution is 2.32. The summed E-state index contributed by atoms with van der Waals surface area (Å²) in [5.74, 6) is 1.00. The number of rotatable bonds is 3. The van der Waals surface area contributed by atoms with E-state index in [1.165, 1.54) is 6.42 Å². The summed E-state index contributed by atoms with van der Waals surface area (Å²) in [7, 11) is -3.19. The van der Waals surface area contributed by atoms with Crippen LogP contribution in [0.4, 0.5) is 0 Å². The Kier molecular flexibility index (Phi) is 4.30. The summed E-state index contributed by atoms with van der Waals surface area (Å²) < 4.78 is 29.7. The lowest BCUT2D eigenvalue weighted by Crippen LogP contribution is -2.44. The molecule has 7 heteroatoms. The Balaban J connectivity index is 1.57. The molecule has 0 N–H and O–H groups in total. The quantitative estimate of drug-likeness (QED) is 0.855. The molecular weight excluding hydrogens is 324 g/mol. The van der Waals surface area contributed by atoms with Gasteiger partial charge >= 0.3 is 0 Å². The minimum atomic E-state index is -3.19. The number of fused-ring (bicyclic) bond motifs is 1. The van der Waals surface area contributed by atoms with Crippen LogP contribution in [0.25, 0.3) is 5.65 Å². The number of nitrogens with zero attached hydrogens (tertiary/aromatic N) is 4. The van der Waals surface area contributed by atoms with Crippen LogP contribution in [0.5, 0.6) is 0 Å². The van der Waals surface area contributed by atoms with Gasteiger partial charge in [0.05, 0.1) is 5.25 Å². The second kappa shape index (κ2) is 6.44. The van der Waals surface area contributed by atoms with Gasteiger partial charge in [-0.3, -0.25) is 4.40 Å². The van der Waals surface area contributed by atoms with Gasteiger partial charge in [0.1, 0.15) is 5.82 Å². The third-order valence-electron chi connectivity index (χ3n) is 5.42. The molecule has 2 aliphatic rings. The maximum atomic E-state index is 13.0. The lowest BCUT2D eigenvalue weighted by Gasteiger charge is -2.34. The Labute approximate surface area is 142 Å². The van der Waals surface area contributed by atoms with Gasteiger partial charge in [0.25, 0.3) is 0 Å². The van der Waals surface area contributed by atoms with E-state index in [0.29, 0.717) is 13.1 Å². The molecule has 2 aromatic heterocycles. The second-order valence-electron chi connectivity index (χ2n) is 6.99. The first-order valence-corrected chi connectivity index (χ1v) is 10.5. The zero-order chi connectivity index (χ0) is 16.6. The highest BCUT2D eigenvalue weighted by molar-refractivity contribution is 7.89. The molecule has 1 saturated heterocycles. The van der Waals surface area contributed by atoms with Crippen molar-refractivity contribution in [3.05, 3.63) is 30.2 Å². The average Bonchev–Trinajstić information content (AvgIpc) is 3.07. The zero-order valence-corrected chi connectivity index (χ0v) is 14.7. The molecule has 0 spiro atoms. The average molecular weight is 348 g/mol. The molecule has 0 radical (unpaired) electrons. The van der Waals surface area contributed by atoms with Crippen LogP contribution in [0.15, 0.2) is 24.4 Å². The van der Waals surface area contributed by atoms with E-state index < -0.39 is 10.0 Å². The maximum Gasteiger partial charge on any atom is 0.217 e. The maximum absolute atomic E-state index is 13.0. The molecule has 4 rings (SSSR count). The lowest BCUT2D eigenvalue weighted by molar-refractivity contribution is 0.300. The van der Waals surface area contributed by atoms with Crippen molar-refractivity contribution >= 4 is 15.7 Å². The minimum Gasteiger partial charge on any atom is -0.286 e. The van der Waals surface area contributed by atoms with E-state index >= 15 is 0 Å². The molecule has 24 heavy (non-hydrogen) atoms. The molecule has 2 aromatic rings. The summed E-state index contributed by atoms with van der Waals surface area (Å²) in [5.41, 5.74) is 0.819. The van der Waals surface area contributed by atoms with Crippen molar-refractivity contribution in [1.82, 2.24) is 18.9 Å². The number of sulfonamides is 1. The topological polar surface area (TPSA) is 67.6 Å². The van der Waals surface area contributed by atoms with Crippen LogP contribution >= 0.6 is 0 Å². The molecule has 1 aliphatic heterocycles. The summed E-state index contributed by atoms with van der Waals surface area (Å²) in [6, 6.07) is 5.82. The van der Waals surface area contributed by atoms with Crippen molar-refractivity contribution in [3.63, 3.8) is 0 Å². The van der Waals surface area contributed by atoms with Crippen LogP contribution in [0.2, 0.25) is 0 Å². The Morgan fingerprint density at radius 3 is 2.67 bits per heavy atom. The number of aromatic nitrogens is 3. The van der Waals surface area contributed by atoms with Crippen LogP contribution in [0, 0.1) is 0 Å². The normalized spacial score (nSPS) is 24.4. The van der Waals surface area contributed by atoms with Gasteiger partial charge in [-0.25, -0.2) is 12.7 Å². The number of pyridine rings is 1. The van der Waals surface area contributed by atoms with E-state index in [1.807, 2.05) is 28.8 Å². The molecule has 6 nitrogen and oxygen atoms in total. The van der Waals surface area contributed by atoms with E-state index in [2.05, 4.69) is 10.2 Å². The molecule has 3 heterocycles. The highest BCUT2D eigenvalue weighted by atomic mass is 32.2. The number of hydrogen-bond donors (Lipinski definition) is 0. The van der Waals surface area contributed by atoms with Crippen molar-refractivity contribution in [1.29, 1.82) is 0 Å². The van der Waals surface area contributed by atoms with Gasteiger partial charge in [-0.1, -0.05) is 25.3 Å². The Hall–Kier alpha value is -1.47. The molecule has 130 valence electrons. The van der Waals surface area contributed by atoms with Gasteiger partial charge in [0.15, 0.2) is 5.65 Å². The van der Waals surface area contributed by atoms with Crippen LogP contribution in [-0.4, -0.2) is 45.7 Å². The Bertz CT molecular complexity index is 811. The Morgan fingerprint density at radius 1 is 1.00 bits per heavy atom. The largest absolute Gasteiger partial charge is 0.286 e. The van der Waals surface area contributed by atoms with Crippen LogP contribution in [-0.2, 0) is 10.0 Å². The van der Waals surface area contributed by atoms with Gasteiger partial charge in [-0.2, -0.15) is 0 Å². The minimum absolute atomic E-state index is 0.120. The van der Waals surface area contributed by atoms with E-state index in [-0.39, 0.29) is 11.2 Å².